The lowest BCUT2D eigenvalue weighted by Crippen LogP contribution is -2.47. The number of rotatable bonds is 11. The van der Waals surface area contributed by atoms with Crippen molar-refractivity contribution in [1.29, 1.82) is 0 Å². The molecule has 0 spiro atoms. The molecule has 0 aliphatic rings. The third kappa shape index (κ3) is 5.84. The Kier molecular flexibility index (Phi) is 8.86. The molecule has 13 heteroatoms. The first-order chi connectivity index (χ1) is 19.3. The fraction of sp³-hybridized carbons (Fsp3) is 0.259. The van der Waals surface area contributed by atoms with E-state index in [-0.39, 0.29) is 42.8 Å². The molecule has 0 bridgehead atoms. The van der Waals surface area contributed by atoms with Gasteiger partial charge in [0.25, 0.3) is 5.91 Å². The van der Waals surface area contributed by atoms with Crippen molar-refractivity contribution in [3.63, 3.8) is 0 Å². The van der Waals surface area contributed by atoms with Gasteiger partial charge in [0.15, 0.2) is 23.0 Å². The zero-order chi connectivity index (χ0) is 28.8. The number of aryl methyl sites for hydroxylation is 1. The zero-order valence-corrected chi connectivity index (χ0v) is 22.0. The Labute approximate surface area is 228 Å². The van der Waals surface area contributed by atoms with Crippen LogP contribution in [0.15, 0.2) is 48.9 Å². The first-order valence-electron chi connectivity index (χ1n) is 12.5. The van der Waals surface area contributed by atoms with E-state index in [1.165, 1.54) is 31.6 Å². The summed E-state index contributed by atoms with van der Waals surface area (Å²) in [4.78, 5) is 33.2. The molecule has 1 unspecified atom stereocenters. The topological polar surface area (TPSA) is 162 Å². The van der Waals surface area contributed by atoms with Crippen molar-refractivity contribution in [2.24, 2.45) is 11.5 Å². The Balaban J connectivity index is 1.51. The van der Waals surface area contributed by atoms with E-state index in [1.54, 1.807) is 22.7 Å². The molecule has 2 amide bonds. The van der Waals surface area contributed by atoms with E-state index in [9.17, 15) is 18.4 Å². The number of carbonyl (C=O) groups excluding carboxylic acids is 2. The van der Waals surface area contributed by atoms with Crippen LogP contribution in [0, 0.1) is 11.6 Å². The summed E-state index contributed by atoms with van der Waals surface area (Å²) in [5, 5.41) is 8.58. The average molecular weight is 553 g/mol. The summed E-state index contributed by atoms with van der Waals surface area (Å²) in [6.45, 7) is 2.39. The number of nitrogens with one attached hydrogen (secondary N) is 3. The Morgan fingerprint density at radius 1 is 1.10 bits per heavy atom. The van der Waals surface area contributed by atoms with Crippen LogP contribution in [-0.4, -0.2) is 59.0 Å². The van der Waals surface area contributed by atoms with E-state index in [2.05, 4.69) is 25.9 Å². The molecule has 0 aliphatic carbocycles. The molecular formula is C27H30F2N8O3. The Morgan fingerprint density at radius 2 is 1.88 bits per heavy atom. The van der Waals surface area contributed by atoms with Crippen molar-refractivity contribution in [2.45, 2.75) is 19.4 Å². The van der Waals surface area contributed by atoms with Gasteiger partial charge in [0, 0.05) is 48.8 Å². The van der Waals surface area contributed by atoms with E-state index in [1.807, 2.05) is 13.0 Å². The third-order valence-electron chi connectivity index (χ3n) is 6.26. The number of halogens is 2. The van der Waals surface area contributed by atoms with Crippen LogP contribution in [-0.2, 0) is 11.2 Å². The molecule has 0 fully saturated rings. The molecule has 2 heterocycles. The number of hydrogen-bond donors (Lipinski definition) is 5. The Hall–Kier alpha value is -4.62. The van der Waals surface area contributed by atoms with Gasteiger partial charge < -0.3 is 32.2 Å². The maximum atomic E-state index is 14.8. The third-order valence-corrected chi connectivity index (χ3v) is 6.26. The lowest BCUT2D eigenvalue weighted by atomic mass is 10.0. The van der Waals surface area contributed by atoms with Gasteiger partial charge in [-0.25, -0.2) is 14.4 Å². The molecule has 2 aromatic heterocycles. The summed E-state index contributed by atoms with van der Waals surface area (Å²) in [6, 6.07) is 7.22. The number of ether oxygens (including phenoxy) is 1. The molecule has 0 saturated carbocycles. The second kappa shape index (κ2) is 12.5. The van der Waals surface area contributed by atoms with Crippen LogP contribution in [0.5, 0.6) is 5.75 Å². The fourth-order valence-electron chi connectivity index (χ4n) is 4.11. The monoisotopic (exact) mass is 552 g/mol. The van der Waals surface area contributed by atoms with Crippen LogP contribution in [0.25, 0.3) is 16.9 Å². The van der Waals surface area contributed by atoms with Crippen LogP contribution < -0.4 is 32.2 Å². The van der Waals surface area contributed by atoms with Gasteiger partial charge in [0.1, 0.15) is 0 Å². The first-order valence-corrected chi connectivity index (χ1v) is 12.5. The average Bonchev–Trinajstić information content (AvgIpc) is 3.40. The highest BCUT2D eigenvalue weighted by atomic mass is 19.2. The van der Waals surface area contributed by atoms with Crippen LogP contribution >= 0.6 is 0 Å². The van der Waals surface area contributed by atoms with Crippen LogP contribution in [0.4, 0.5) is 20.3 Å². The number of benzene rings is 2. The highest BCUT2D eigenvalue weighted by Gasteiger charge is 2.19. The predicted molar refractivity (Wildman–Crippen MR) is 146 cm³/mol. The molecule has 0 aliphatic heterocycles. The van der Waals surface area contributed by atoms with Crippen LogP contribution in [0.2, 0.25) is 0 Å². The molecule has 7 N–H and O–H groups in total. The number of amides is 2. The number of carbonyl (C=O) groups is 2. The summed E-state index contributed by atoms with van der Waals surface area (Å²) in [5.74, 6) is -2.60. The zero-order valence-electron chi connectivity index (χ0n) is 22.0. The summed E-state index contributed by atoms with van der Waals surface area (Å²) in [7, 11) is 1.27. The van der Waals surface area contributed by atoms with Gasteiger partial charge in [0.05, 0.1) is 25.0 Å². The van der Waals surface area contributed by atoms with Gasteiger partial charge in [0.2, 0.25) is 11.7 Å². The number of nitrogens with two attached hydrogens (primary N) is 2. The van der Waals surface area contributed by atoms with E-state index in [0.717, 1.165) is 5.56 Å². The summed E-state index contributed by atoms with van der Waals surface area (Å²) in [6.07, 6.45) is 5.12. The number of anilines is 2. The maximum Gasteiger partial charge on any atom is 0.251 e. The maximum absolute atomic E-state index is 14.8. The molecule has 0 radical (unpaired) electrons. The lowest BCUT2D eigenvalue weighted by Gasteiger charge is -2.14. The van der Waals surface area contributed by atoms with Crippen molar-refractivity contribution in [3.05, 3.63) is 71.7 Å². The summed E-state index contributed by atoms with van der Waals surface area (Å²) < 4.78 is 35.6. The highest BCUT2D eigenvalue weighted by molar-refractivity contribution is 5.96. The smallest absolute Gasteiger partial charge is 0.251 e. The van der Waals surface area contributed by atoms with Gasteiger partial charge in [-0.3, -0.25) is 14.0 Å². The van der Waals surface area contributed by atoms with E-state index >= 15 is 0 Å². The minimum absolute atomic E-state index is 0.0216. The molecule has 1 atom stereocenters. The molecule has 4 rings (SSSR count). The van der Waals surface area contributed by atoms with Gasteiger partial charge >= 0.3 is 0 Å². The second-order valence-electron chi connectivity index (χ2n) is 8.80. The van der Waals surface area contributed by atoms with Crippen molar-refractivity contribution in [2.75, 3.05) is 32.1 Å². The molecule has 40 heavy (non-hydrogen) atoms. The number of nitrogens with zero attached hydrogens (tertiary/aromatic N) is 3. The highest BCUT2D eigenvalue weighted by Crippen LogP contribution is 2.31. The minimum atomic E-state index is -1.08. The van der Waals surface area contributed by atoms with Crippen molar-refractivity contribution < 1.29 is 23.1 Å². The standard InChI is InChI=1S/C27H30F2N8O3/c1-3-15-12-16(4-5-17(15)26(38)33-8-9-34-27(39)19(31)13-30)36-24-25-35-14-20(37(25)11-10-32-24)18-6-7-21(40-2)23(29)22(18)28/h4-7,10-12,14,19H,3,8-9,13,30-31H2,1-2H3,(H,32,36)(H,33,38)(H,34,39). The SMILES string of the molecule is CCc1cc(Nc2nccn3c(-c4ccc(OC)c(F)c4F)cnc23)ccc1C(=O)NCCNC(=O)C(N)CN. The molecule has 0 saturated heterocycles. The van der Waals surface area contributed by atoms with Gasteiger partial charge in [-0.05, 0) is 42.3 Å². The van der Waals surface area contributed by atoms with E-state index in [0.29, 0.717) is 34.8 Å². The number of imidazole rings is 1. The van der Waals surface area contributed by atoms with Crippen molar-refractivity contribution in [3.8, 4) is 17.0 Å². The second-order valence-corrected chi connectivity index (χ2v) is 8.80. The van der Waals surface area contributed by atoms with Gasteiger partial charge in [-0.1, -0.05) is 6.92 Å². The molecule has 2 aromatic carbocycles. The number of fused-ring (bicyclic) bond motifs is 1. The molecule has 11 nitrogen and oxygen atoms in total. The van der Waals surface area contributed by atoms with Crippen LogP contribution in [0.1, 0.15) is 22.8 Å². The van der Waals surface area contributed by atoms with Gasteiger partial charge in [-0.15, -0.1) is 0 Å². The minimum Gasteiger partial charge on any atom is -0.494 e. The molecule has 4 aromatic rings. The fourth-order valence-corrected chi connectivity index (χ4v) is 4.11. The predicted octanol–water partition coefficient (Wildman–Crippen LogP) is 2.12. The van der Waals surface area contributed by atoms with E-state index in [4.69, 9.17) is 16.2 Å². The van der Waals surface area contributed by atoms with Crippen LogP contribution in [0.3, 0.4) is 0 Å². The number of methoxy groups -OCH3 is 1. The Bertz CT molecular complexity index is 1540. The lowest BCUT2D eigenvalue weighted by molar-refractivity contribution is -0.122. The van der Waals surface area contributed by atoms with Crippen molar-refractivity contribution >= 4 is 29.0 Å². The van der Waals surface area contributed by atoms with Crippen molar-refractivity contribution in [1.82, 2.24) is 25.0 Å². The number of hydrogen-bond acceptors (Lipinski definition) is 8. The van der Waals surface area contributed by atoms with Gasteiger partial charge in [-0.2, -0.15) is 4.39 Å². The van der Waals surface area contributed by atoms with E-state index < -0.39 is 17.7 Å². The summed E-state index contributed by atoms with van der Waals surface area (Å²) in [5.41, 5.74) is 13.6. The number of aromatic nitrogens is 3. The molecule has 210 valence electrons. The first kappa shape index (κ1) is 28.4. The summed E-state index contributed by atoms with van der Waals surface area (Å²) >= 11 is 0. The largest absolute Gasteiger partial charge is 0.494 e. The molecular weight excluding hydrogens is 522 g/mol. The Morgan fingerprint density at radius 3 is 2.60 bits per heavy atom. The normalized spacial score (nSPS) is 11.8. The quantitative estimate of drug-likeness (QED) is 0.177.